The summed E-state index contributed by atoms with van der Waals surface area (Å²) in [7, 11) is 1.55. The van der Waals surface area contributed by atoms with Crippen LogP contribution in [0.1, 0.15) is 22.6 Å². The molecule has 0 aromatic heterocycles. The fourth-order valence-electron chi connectivity index (χ4n) is 2.69. The maximum absolute atomic E-state index is 14.2. The fraction of sp³-hybridized carbons (Fsp3) is 0.250. The minimum absolute atomic E-state index is 0.0656. The second-order valence-corrected chi connectivity index (χ2v) is 4.77. The Morgan fingerprint density at radius 2 is 2.00 bits per heavy atom. The summed E-state index contributed by atoms with van der Waals surface area (Å²) in [4.78, 5) is 0. The third kappa shape index (κ3) is 2.22. The first kappa shape index (κ1) is 12.2. The van der Waals surface area contributed by atoms with Gasteiger partial charge in [-0.1, -0.05) is 30.3 Å². The molecule has 0 aliphatic carbocycles. The molecule has 3 rings (SSSR count). The Hall–Kier alpha value is -1.87. The van der Waals surface area contributed by atoms with Crippen LogP contribution in [0.5, 0.6) is 5.75 Å². The second-order valence-electron chi connectivity index (χ2n) is 4.77. The van der Waals surface area contributed by atoms with Crippen LogP contribution in [0.2, 0.25) is 0 Å². The van der Waals surface area contributed by atoms with Crippen molar-refractivity contribution in [2.45, 2.75) is 12.5 Å². The van der Waals surface area contributed by atoms with Crippen molar-refractivity contribution in [2.75, 3.05) is 13.7 Å². The molecule has 2 aromatic carbocycles. The molecule has 0 saturated carbocycles. The van der Waals surface area contributed by atoms with Crippen LogP contribution >= 0.6 is 0 Å². The summed E-state index contributed by atoms with van der Waals surface area (Å²) in [5.74, 6) is 0.414. The Bertz CT molecular complexity index is 597. The van der Waals surface area contributed by atoms with Gasteiger partial charge in [0, 0.05) is 25.1 Å². The Morgan fingerprint density at radius 1 is 1.16 bits per heavy atom. The lowest BCUT2D eigenvalue weighted by molar-refractivity contribution is 0.410. The third-order valence-corrected chi connectivity index (χ3v) is 3.68. The largest absolute Gasteiger partial charge is 0.497 e. The van der Waals surface area contributed by atoms with Crippen LogP contribution in [0, 0.1) is 5.82 Å². The molecule has 2 nitrogen and oxygen atoms in total. The molecule has 0 fully saturated rings. The number of benzene rings is 2. The van der Waals surface area contributed by atoms with Crippen molar-refractivity contribution in [1.29, 1.82) is 0 Å². The van der Waals surface area contributed by atoms with E-state index >= 15 is 0 Å². The molecule has 0 spiro atoms. The lowest BCUT2D eigenvalue weighted by Gasteiger charge is -2.27. The Balaban J connectivity index is 2.04. The maximum Gasteiger partial charge on any atom is 0.130 e. The standard InChI is InChI=1S/C16H16FNO/c1-19-12-6-7-14(16(17)8-12)15-10-18-9-11-4-2-3-5-13(11)15/h2-8,15,18H,9-10H2,1H3. The quantitative estimate of drug-likeness (QED) is 0.892. The predicted molar refractivity (Wildman–Crippen MR) is 72.9 cm³/mol. The van der Waals surface area contributed by atoms with Crippen molar-refractivity contribution in [1.82, 2.24) is 5.32 Å². The molecule has 1 atom stereocenters. The number of hydrogen-bond acceptors (Lipinski definition) is 2. The zero-order valence-electron chi connectivity index (χ0n) is 10.8. The van der Waals surface area contributed by atoms with E-state index in [4.69, 9.17) is 4.74 Å². The van der Waals surface area contributed by atoms with E-state index in [0.29, 0.717) is 5.75 Å². The summed E-state index contributed by atoms with van der Waals surface area (Å²) in [6, 6.07) is 13.3. The minimum Gasteiger partial charge on any atom is -0.497 e. The molecule has 1 aliphatic rings. The average molecular weight is 257 g/mol. The highest BCUT2D eigenvalue weighted by molar-refractivity contribution is 5.42. The first-order valence-electron chi connectivity index (χ1n) is 6.41. The Kier molecular flexibility index (Phi) is 3.22. The SMILES string of the molecule is COc1ccc(C2CNCc3ccccc32)c(F)c1. The lowest BCUT2D eigenvalue weighted by Crippen LogP contribution is -2.29. The van der Waals surface area contributed by atoms with Crippen molar-refractivity contribution in [3.8, 4) is 5.75 Å². The predicted octanol–water partition coefficient (Wildman–Crippen LogP) is 3.07. The highest BCUT2D eigenvalue weighted by Gasteiger charge is 2.23. The van der Waals surface area contributed by atoms with E-state index in [2.05, 4.69) is 17.4 Å². The van der Waals surface area contributed by atoms with Crippen LogP contribution in [-0.4, -0.2) is 13.7 Å². The molecule has 0 saturated heterocycles. The molecular weight excluding hydrogens is 241 g/mol. The third-order valence-electron chi connectivity index (χ3n) is 3.68. The summed E-state index contributed by atoms with van der Waals surface area (Å²) in [6.07, 6.45) is 0. The van der Waals surface area contributed by atoms with Crippen LogP contribution in [0.15, 0.2) is 42.5 Å². The van der Waals surface area contributed by atoms with Crippen molar-refractivity contribution < 1.29 is 9.13 Å². The normalized spacial score (nSPS) is 17.9. The van der Waals surface area contributed by atoms with Gasteiger partial charge in [0.2, 0.25) is 0 Å². The van der Waals surface area contributed by atoms with Crippen LogP contribution in [0.4, 0.5) is 4.39 Å². The molecule has 1 unspecified atom stereocenters. The minimum atomic E-state index is -0.206. The number of fused-ring (bicyclic) bond motifs is 1. The van der Waals surface area contributed by atoms with Crippen molar-refractivity contribution in [2.24, 2.45) is 0 Å². The zero-order chi connectivity index (χ0) is 13.2. The topological polar surface area (TPSA) is 21.3 Å². The number of ether oxygens (including phenoxy) is 1. The molecule has 3 heteroatoms. The smallest absolute Gasteiger partial charge is 0.130 e. The molecule has 0 amide bonds. The van der Waals surface area contributed by atoms with Gasteiger partial charge in [-0.3, -0.25) is 0 Å². The monoisotopic (exact) mass is 257 g/mol. The number of hydrogen-bond donors (Lipinski definition) is 1. The summed E-state index contributed by atoms with van der Waals surface area (Å²) >= 11 is 0. The molecule has 0 bridgehead atoms. The Morgan fingerprint density at radius 3 is 2.79 bits per heavy atom. The van der Waals surface area contributed by atoms with Gasteiger partial charge in [0.25, 0.3) is 0 Å². The van der Waals surface area contributed by atoms with Gasteiger partial charge < -0.3 is 10.1 Å². The van der Waals surface area contributed by atoms with Crippen LogP contribution in [-0.2, 0) is 6.54 Å². The van der Waals surface area contributed by atoms with Crippen LogP contribution in [0.3, 0.4) is 0 Å². The van der Waals surface area contributed by atoms with E-state index in [0.717, 1.165) is 18.7 Å². The molecule has 1 aliphatic heterocycles. The van der Waals surface area contributed by atoms with Crippen LogP contribution in [0.25, 0.3) is 0 Å². The van der Waals surface area contributed by atoms with Gasteiger partial charge in [-0.2, -0.15) is 0 Å². The molecule has 1 N–H and O–H groups in total. The molecule has 19 heavy (non-hydrogen) atoms. The molecular formula is C16H16FNO. The first-order chi connectivity index (χ1) is 9.29. The van der Waals surface area contributed by atoms with Crippen molar-refractivity contribution in [3.63, 3.8) is 0 Å². The van der Waals surface area contributed by atoms with Gasteiger partial charge in [0.05, 0.1) is 7.11 Å². The number of nitrogens with one attached hydrogen (secondary N) is 1. The van der Waals surface area contributed by atoms with E-state index in [1.807, 2.05) is 24.3 Å². The van der Waals surface area contributed by atoms with E-state index in [1.165, 1.54) is 17.2 Å². The average Bonchev–Trinajstić information content (AvgIpc) is 2.46. The second kappa shape index (κ2) is 5.02. The highest BCUT2D eigenvalue weighted by Crippen LogP contribution is 2.32. The lowest BCUT2D eigenvalue weighted by atomic mass is 9.85. The van der Waals surface area contributed by atoms with E-state index < -0.39 is 0 Å². The van der Waals surface area contributed by atoms with Gasteiger partial charge in [-0.15, -0.1) is 0 Å². The van der Waals surface area contributed by atoms with Gasteiger partial charge in [0.15, 0.2) is 0 Å². The van der Waals surface area contributed by atoms with Crippen molar-refractivity contribution >= 4 is 0 Å². The van der Waals surface area contributed by atoms with E-state index in [9.17, 15) is 4.39 Å². The molecule has 2 aromatic rings. The summed E-state index contributed by atoms with van der Waals surface area (Å²) in [5, 5.41) is 3.35. The first-order valence-corrected chi connectivity index (χ1v) is 6.41. The number of methoxy groups -OCH3 is 1. The summed E-state index contributed by atoms with van der Waals surface area (Å²) in [5.41, 5.74) is 3.18. The molecule has 1 heterocycles. The van der Waals surface area contributed by atoms with Gasteiger partial charge >= 0.3 is 0 Å². The number of halogens is 1. The van der Waals surface area contributed by atoms with Gasteiger partial charge in [-0.25, -0.2) is 4.39 Å². The summed E-state index contributed by atoms with van der Waals surface area (Å²) < 4.78 is 19.3. The highest BCUT2D eigenvalue weighted by atomic mass is 19.1. The van der Waals surface area contributed by atoms with E-state index in [-0.39, 0.29) is 11.7 Å². The van der Waals surface area contributed by atoms with Gasteiger partial charge in [0.1, 0.15) is 11.6 Å². The Labute approximate surface area is 112 Å². The van der Waals surface area contributed by atoms with Crippen molar-refractivity contribution in [3.05, 3.63) is 65.0 Å². The van der Waals surface area contributed by atoms with E-state index in [1.54, 1.807) is 7.11 Å². The van der Waals surface area contributed by atoms with Crippen LogP contribution < -0.4 is 10.1 Å². The van der Waals surface area contributed by atoms with Gasteiger partial charge in [-0.05, 0) is 22.8 Å². The number of rotatable bonds is 2. The summed E-state index contributed by atoms with van der Waals surface area (Å²) in [6.45, 7) is 1.62. The maximum atomic E-state index is 14.2. The zero-order valence-corrected chi connectivity index (χ0v) is 10.8. The molecule has 98 valence electrons. The fourth-order valence-corrected chi connectivity index (χ4v) is 2.69. The molecule has 0 radical (unpaired) electrons.